The number of carbonyl (C=O) groups excluding carboxylic acids is 1. The first-order chi connectivity index (χ1) is 10.2. The van der Waals surface area contributed by atoms with Crippen molar-refractivity contribution in [3.8, 4) is 5.75 Å². The first-order valence-corrected chi connectivity index (χ1v) is 7.25. The maximum atomic E-state index is 11.9. The van der Waals surface area contributed by atoms with Gasteiger partial charge in [0.2, 0.25) is 0 Å². The van der Waals surface area contributed by atoms with E-state index in [1.807, 2.05) is 42.7 Å². The van der Waals surface area contributed by atoms with Gasteiger partial charge in [0.1, 0.15) is 11.4 Å². The number of fused-ring (bicyclic) bond motifs is 1. The molecule has 1 aromatic carbocycles. The second kappa shape index (κ2) is 8.32. The van der Waals surface area contributed by atoms with Crippen LogP contribution in [0.5, 0.6) is 5.75 Å². The Bertz CT molecular complexity index is 590. The fourth-order valence-corrected chi connectivity index (χ4v) is 2.12. The highest BCUT2D eigenvalue weighted by atomic mass is 16.5. The van der Waals surface area contributed by atoms with Crippen molar-refractivity contribution in [3.63, 3.8) is 0 Å². The van der Waals surface area contributed by atoms with Gasteiger partial charge in [-0.05, 0) is 31.2 Å². The summed E-state index contributed by atoms with van der Waals surface area (Å²) in [5.41, 5.74) is 7.09. The van der Waals surface area contributed by atoms with E-state index in [0.717, 1.165) is 16.7 Å². The van der Waals surface area contributed by atoms with E-state index in [9.17, 15) is 4.79 Å². The molecule has 0 amide bonds. The first-order valence-electron chi connectivity index (χ1n) is 7.25. The fraction of sp³-hybridized carbons (Fsp3) is 0.438. The molecular formula is C16H24N2O3. The molecule has 0 saturated carbocycles. The lowest BCUT2D eigenvalue weighted by atomic mass is 10.2. The van der Waals surface area contributed by atoms with E-state index in [-0.39, 0.29) is 5.97 Å². The minimum absolute atomic E-state index is 0.328. The average molecular weight is 292 g/mol. The predicted molar refractivity (Wildman–Crippen MR) is 84.8 cm³/mol. The molecule has 1 heterocycles. The molecule has 116 valence electrons. The highest BCUT2D eigenvalue weighted by molar-refractivity contribution is 5.96. The Labute approximate surface area is 125 Å². The lowest BCUT2D eigenvalue weighted by Gasteiger charge is -2.08. The molecule has 0 bridgehead atoms. The maximum Gasteiger partial charge on any atom is 0.354 e. The van der Waals surface area contributed by atoms with Gasteiger partial charge in [-0.15, -0.1) is 0 Å². The molecule has 1 aromatic heterocycles. The van der Waals surface area contributed by atoms with Gasteiger partial charge in [-0.1, -0.05) is 13.8 Å². The summed E-state index contributed by atoms with van der Waals surface area (Å²) in [6.07, 6.45) is 0. The SMILES string of the molecule is CC.CCOC(=O)c1cc2cc(OC)ccc2n1CCN. The Morgan fingerprint density at radius 2 is 2.00 bits per heavy atom. The Kier molecular flexibility index (Phi) is 6.75. The number of nitrogens with zero attached hydrogens (tertiary/aromatic N) is 1. The number of esters is 1. The van der Waals surface area contributed by atoms with Gasteiger partial charge < -0.3 is 19.8 Å². The van der Waals surface area contributed by atoms with Crippen molar-refractivity contribution >= 4 is 16.9 Å². The third-order valence-corrected chi connectivity index (χ3v) is 2.95. The van der Waals surface area contributed by atoms with Crippen molar-refractivity contribution in [1.29, 1.82) is 0 Å². The smallest absolute Gasteiger partial charge is 0.354 e. The van der Waals surface area contributed by atoms with E-state index in [1.165, 1.54) is 0 Å². The number of carbonyl (C=O) groups is 1. The summed E-state index contributed by atoms with van der Waals surface area (Å²) in [5.74, 6) is 0.430. The predicted octanol–water partition coefficient (Wildman–Crippen LogP) is 2.81. The summed E-state index contributed by atoms with van der Waals surface area (Å²) in [6.45, 7) is 7.18. The zero-order valence-electron chi connectivity index (χ0n) is 13.2. The van der Waals surface area contributed by atoms with Crippen LogP contribution in [0.15, 0.2) is 24.3 Å². The maximum absolute atomic E-state index is 11.9. The zero-order valence-corrected chi connectivity index (χ0v) is 13.2. The second-order valence-electron chi connectivity index (χ2n) is 4.12. The Hall–Kier alpha value is -2.01. The van der Waals surface area contributed by atoms with Crippen LogP contribution >= 0.6 is 0 Å². The summed E-state index contributed by atoms with van der Waals surface area (Å²) in [7, 11) is 1.62. The normalized spacial score (nSPS) is 9.95. The summed E-state index contributed by atoms with van der Waals surface area (Å²) in [6, 6.07) is 7.49. The third kappa shape index (κ3) is 3.76. The van der Waals surface area contributed by atoms with Crippen LogP contribution in [0, 0.1) is 0 Å². The second-order valence-corrected chi connectivity index (χ2v) is 4.12. The first kappa shape index (κ1) is 17.0. The van der Waals surface area contributed by atoms with Crippen molar-refractivity contribution in [1.82, 2.24) is 4.57 Å². The van der Waals surface area contributed by atoms with E-state index in [1.54, 1.807) is 14.0 Å². The van der Waals surface area contributed by atoms with Gasteiger partial charge in [0.05, 0.1) is 13.7 Å². The molecule has 0 aliphatic rings. The van der Waals surface area contributed by atoms with Crippen molar-refractivity contribution in [3.05, 3.63) is 30.0 Å². The number of methoxy groups -OCH3 is 1. The molecule has 0 aliphatic carbocycles. The summed E-state index contributed by atoms with van der Waals surface area (Å²) >= 11 is 0. The van der Waals surface area contributed by atoms with Crippen LogP contribution in [-0.2, 0) is 11.3 Å². The molecule has 2 aromatic rings. The van der Waals surface area contributed by atoms with Gasteiger partial charge in [-0.2, -0.15) is 0 Å². The summed E-state index contributed by atoms with van der Waals surface area (Å²) < 4.78 is 12.1. The van der Waals surface area contributed by atoms with E-state index >= 15 is 0 Å². The van der Waals surface area contributed by atoms with Gasteiger partial charge >= 0.3 is 5.97 Å². The lowest BCUT2D eigenvalue weighted by Crippen LogP contribution is -2.16. The lowest BCUT2D eigenvalue weighted by molar-refractivity contribution is 0.0514. The highest BCUT2D eigenvalue weighted by Gasteiger charge is 2.16. The number of rotatable bonds is 5. The van der Waals surface area contributed by atoms with Gasteiger partial charge in [-0.25, -0.2) is 4.79 Å². The number of ether oxygens (including phenoxy) is 2. The monoisotopic (exact) mass is 292 g/mol. The molecule has 2 rings (SSSR count). The van der Waals surface area contributed by atoms with E-state index in [2.05, 4.69) is 0 Å². The zero-order chi connectivity index (χ0) is 15.8. The van der Waals surface area contributed by atoms with Crippen LogP contribution in [0.25, 0.3) is 10.9 Å². The van der Waals surface area contributed by atoms with Gasteiger partial charge in [0.25, 0.3) is 0 Å². The molecule has 5 nitrogen and oxygen atoms in total. The molecule has 2 N–H and O–H groups in total. The number of nitrogens with two attached hydrogens (primary N) is 1. The van der Waals surface area contributed by atoms with Crippen LogP contribution < -0.4 is 10.5 Å². The van der Waals surface area contributed by atoms with Crippen molar-refractivity contribution in [2.45, 2.75) is 27.3 Å². The number of benzene rings is 1. The van der Waals surface area contributed by atoms with Crippen LogP contribution in [0.3, 0.4) is 0 Å². The molecule has 0 atom stereocenters. The molecule has 0 unspecified atom stereocenters. The van der Waals surface area contributed by atoms with Crippen LogP contribution in [0.1, 0.15) is 31.3 Å². The van der Waals surface area contributed by atoms with Gasteiger partial charge in [0.15, 0.2) is 0 Å². The average Bonchev–Trinajstić information content (AvgIpc) is 2.88. The minimum atomic E-state index is -0.328. The van der Waals surface area contributed by atoms with Crippen LogP contribution in [0.2, 0.25) is 0 Å². The largest absolute Gasteiger partial charge is 0.497 e. The molecule has 5 heteroatoms. The highest BCUT2D eigenvalue weighted by Crippen LogP contribution is 2.25. The van der Waals surface area contributed by atoms with Crippen molar-refractivity contribution in [2.75, 3.05) is 20.3 Å². The third-order valence-electron chi connectivity index (χ3n) is 2.95. The topological polar surface area (TPSA) is 66.5 Å². The Morgan fingerprint density at radius 3 is 2.57 bits per heavy atom. The molecule has 21 heavy (non-hydrogen) atoms. The van der Waals surface area contributed by atoms with Gasteiger partial charge in [-0.3, -0.25) is 0 Å². The standard InChI is InChI=1S/C14H18N2O3.C2H6/c1-3-19-14(17)13-9-10-8-11(18-2)4-5-12(10)16(13)7-6-15;1-2/h4-5,8-9H,3,6-7,15H2,1-2H3;1-2H3. The molecule has 0 radical (unpaired) electrons. The number of hydrogen-bond donors (Lipinski definition) is 1. The van der Waals surface area contributed by atoms with Crippen molar-refractivity contribution in [2.24, 2.45) is 5.73 Å². The van der Waals surface area contributed by atoms with E-state index in [0.29, 0.717) is 25.4 Å². The van der Waals surface area contributed by atoms with Crippen LogP contribution in [-0.4, -0.2) is 30.8 Å². The van der Waals surface area contributed by atoms with E-state index < -0.39 is 0 Å². The van der Waals surface area contributed by atoms with Gasteiger partial charge in [0, 0.05) is 24.0 Å². The molecule has 0 spiro atoms. The molecule has 0 fully saturated rings. The Morgan fingerprint density at radius 1 is 1.29 bits per heavy atom. The quantitative estimate of drug-likeness (QED) is 0.861. The van der Waals surface area contributed by atoms with Crippen LogP contribution in [0.4, 0.5) is 0 Å². The van der Waals surface area contributed by atoms with Crippen molar-refractivity contribution < 1.29 is 14.3 Å². The molecule has 0 saturated heterocycles. The Balaban J connectivity index is 0.00000106. The fourth-order valence-electron chi connectivity index (χ4n) is 2.12. The minimum Gasteiger partial charge on any atom is -0.497 e. The van der Waals surface area contributed by atoms with E-state index in [4.69, 9.17) is 15.2 Å². The summed E-state index contributed by atoms with van der Waals surface area (Å²) in [5, 5.41) is 0.941. The number of hydrogen-bond acceptors (Lipinski definition) is 4. The molecular weight excluding hydrogens is 268 g/mol. The molecule has 0 aliphatic heterocycles. The summed E-state index contributed by atoms with van der Waals surface area (Å²) in [4.78, 5) is 11.9. The number of aromatic nitrogens is 1.